The average molecular weight is 382 g/mol. The van der Waals surface area contributed by atoms with E-state index in [1.807, 2.05) is 0 Å². The maximum atomic E-state index is 12.3. The molecule has 0 saturated carbocycles. The van der Waals surface area contributed by atoms with Crippen molar-refractivity contribution < 1.29 is 13.2 Å². The van der Waals surface area contributed by atoms with Gasteiger partial charge in [0, 0.05) is 11.5 Å². The Balaban J connectivity index is 2.12. The molecule has 6 nitrogen and oxygen atoms in total. The van der Waals surface area contributed by atoms with Crippen LogP contribution in [0.4, 0.5) is 5.13 Å². The average Bonchev–Trinajstić information content (AvgIpc) is 3.04. The van der Waals surface area contributed by atoms with Gasteiger partial charge in [0.1, 0.15) is 5.01 Å². The molecule has 1 aromatic carbocycles. The number of amides is 1. The van der Waals surface area contributed by atoms with Crippen LogP contribution in [0.25, 0.3) is 0 Å². The van der Waals surface area contributed by atoms with Gasteiger partial charge in [-0.05, 0) is 51.0 Å². The van der Waals surface area contributed by atoms with Crippen LogP contribution in [0.2, 0.25) is 0 Å². The van der Waals surface area contributed by atoms with Crippen LogP contribution in [0.3, 0.4) is 0 Å². The fraction of sp³-hybridized carbons (Fsp3) is 0.471. The summed E-state index contributed by atoms with van der Waals surface area (Å²) in [5.41, 5.74) is 0.377. The molecule has 0 aliphatic carbocycles. The number of benzene rings is 1. The van der Waals surface area contributed by atoms with Gasteiger partial charge in [-0.15, -0.1) is 10.2 Å². The molecule has 0 radical (unpaired) electrons. The lowest BCUT2D eigenvalue weighted by Crippen LogP contribution is -2.15. The first kappa shape index (κ1) is 19.5. The Morgan fingerprint density at radius 1 is 1.12 bits per heavy atom. The second-order valence-electron chi connectivity index (χ2n) is 6.03. The fourth-order valence-electron chi connectivity index (χ4n) is 2.33. The molecule has 0 fully saturated rings. The quantitative estimate of drug-likeness (QED) is 0.786. The number of sulfone groups is 1. The lowest BCUT2D eigenvalue weighted by atomic mass is 10.1. The summed E-state index contributed by atoms with van der Waals surface area (Å²) in [5, 5.41) is 11.7. The number of carbonyl (C=O) groups excluding carboxylic acids is 1. The van der Waals surface area contributed by atoms with Gasteiger partial charge < -0.3 is 0 Å². The topological polar surface area (TPSA) is 89.0 Å². The minimum Gasteiger partial charge on any atom is -0.296 e. The van der Waals surface area contributed by atoms with E-state index in [4.69, 9.17) is 0 Å². The van der Waals surface area contributed by atoms with Crippen LogP contribution in [-0.4, -0.2) is 29.8 Å². The maximum Gasteiger partial charge on any atom is 0.257 e. The highest BCUT2D eigenvalue weighted by Crippen LogP contribution is 2.28. The zero-order chi connectivity index (χ0) is 18.6. The van der Waals surface area contributed by atoms with Crippen molar-refractivity contribution in [2.75, 3.05) is 5.32 Å². The largest absolute Gasteiger partial charge is 0.296 e. The third-order valence-corrected chi connectivity index (χ3v) is 7.23. The molecule has 2 rings (SSSR count). The molecular formula is C17H23N3O3S2. The fourth-order valence-corrected chi connectivity index (χ4v) is 4.39. The zero-order valence-electron chi connectivity index (χ0n) is 14.8. The minimum absolute atomic E-state index is 0.214. The van der Waals surface area contributed by atoms with Crippen LogP contribution in [0.1, 0.15) is 61.8 Å². The summed E-state index contributed by atoms with van der Waals surface area (Å²) in [6.45, 7) is 7.45. The van der Waals surface area contributed by atoms with Crippen molar-refractivity contribution in [3.63, 3.8) is 0 Å². The van der Waals surface area contributed by atoms with Gasteiger partial charge in [0.05, 0.1) is 10.1 Å². The van der Waals surface area contributed by atoms with E-state index in [-0.39, 0.29) is 10.8 Å². The third-order valence-electron chi connectivity index (χ3n) is 4.06. The van der Waals surface area contributed by atoms with E-state index in [1.54, 1.807) is 13.8 Å². The monoisotopic (exact) mass is 381 g/mol. The molecule has 8 heteroatoms. The van der Waals surface area contributed by atoms with Crippen LogP contribution >= 0.6 is 11.3 Å². The van der Waals surface area contributed by atoms with Crippen molar-refractivity contribution in [1.82, 2.24) is 10.2 Å². The standard InChI is InChI=1S/C17H23N3O3S2/c1-5-12(6-2)16-19-20-17(24-16)18-15(21)13-7-9-14(10-8-13)25(22,23)11(3)4/h7-12H,5-6H2,1-4H3,(H,18,20,21). The summed E-state index contributed by atoms with van der Waals surface area (Å²) in [6.07, 6.45) is 1.95. The number of carbonyl (C=O) groups is 1. The molecule has 0 aliphatic rings. The summed E-state index contributed by atoms with van der Waals surface area (Å²) >= 11 is 1.37. The normalized spacial score (nSPS) is 11.9. The van der Waals surface area contributed by atoms with Crippen LogP contribution in [0.15, 0.2) is 29.2 Å². The Morgan fingerprint density at radius 2 is 1.72 bits per heavy atom. The number of nitrogens with one attached hydrogen (secondary N) is 1. The van der Waals surface area contributed by atoms with Crippen LogP contribution < -0.4 is 5.32 Å². The Bertz CT molecular complexity index is 823. The van der Waals surface area contributed by atoms with Crippen LogP contribution in [0, 0.1) is 0 Å². The predicted molar refractivity (Wildman–Crippen MR) is 99.9 cm³/mol. The Labute approximate surface area is 152 Å². The van der Waals surface area contributed by atoms with Gasteiger partial charge in [-0.2, -0.15) is 0 Å². The maximum absolute atomic E-state index is 12.3. The first-order valence-electron chi connectivity index (χ1n) is 8.28. The van der Waals surface area contributed by atoms with E-state index in [0.717, 1.165) is 17.8 Å². The number of aromatic nitrogens is 2. The van der Waals surface area contributed by atoms with Gasteiger partial charge in [-0.3, -0.25) is 10.1 Å². The van der Waals surface area contributed by atoms with Crippen molar-refractivity contribution >= 4 is 32.2 Å². The van der Waals surface area contributed by atoms with E-state index in [1.165, 1.54) is 35.6 Å². The first-order chi connectivity index (χ1) is 11.8. The Morgan fingerprint density at radius 3 is 2.24 bits per heavy atom. The molecule has 1 N–H and O–H groups in total. The number of anilines is 1. The summed E-state index contributed by atoms with van der Waals surface area (Å²) in [7, 11) is -3.34. The van der Waals surface area contributed by atoms with Crippen LogP contribution in [-0.2, 0) is 9.84 Å². The molecule has 1 aromatic heterocycles. The number of hydrogen-bond donors (Lipinski definition) is 1. The summed E-state index contributed by atoms with van der Waals surface area (Å²) in [5.74, 6) is 0.0180. The SMILES string of the molecule is CCC(CC)c1nnc(NC(=O)c2ccc(S(=O)(=O)C(C)C)cc2)s1. The highest BCUT2D eigenvalue weighted by Gasteiger charge is 2.20. The van der Waals surface area contributed by atoms with Crippen LogP contribution in [0.5, 0.6) is 0 Å². The lowest BCUT2D eigenvalue weighted by molar-refractivity contribution is 0.102. The Hall–Kier alpha value is -1.80. The molecule has 136 valence electrons. The van der Waals surface area contributed by atoms with Crippen molar-refractivity contribution in [2.45, 2.75) is 56.6 Å². The molecular weight excluding hydrogens is 358 g/mol. The molecule has 1 amide bonds. The van der Waals surface area contributed by atoms with E-state index >= 15 is 0 Å². The van der Waals surface area contributed by atoms with Crippen molar-refractivity contribution in [1.29, 1.82) is 0 Å². The molecule has 25 heavy (non-hydrogen) atoms. The highest BCUT2D eigenvalue weighted by molar-refractivity contribution is 7.92. The molecule has 1 heterocycles. The number of rotatable bonds is 7. The molecule has 2 aromatic rings. The molecule has 0 spiro atoms. The molecule has 0 aliphatic heterocycles. The predicted octanol–water partition coefficient (Wildman–Crippen LogP) is 3.88. The van der Waals surface area contributed by atoms with Gasteiger partial charge in [-0.1, -0.05) is 25.2 Å². The van der Waals surface area contributed by atoms with E-state index < -0.39 is 15.1 Å². The summed E-state index contributed by atoms with van der Waals surface area (Å²) < 4.78 is 24.2. The third kappa shape index (κ3) is 4.43. The van der Waals surface area contributed by atoms with Crippen molar-refractivity contribution in [2.24, 2.45) is 0 Å². The molecule has 0 atom stereocenters. The van der Waals surface area contributed by atoms with Gasteiger partial charge in [0.2, 0.25) is 5.13 Å². The summed E-state index contributed by atoms with van der Waals surface area (Å²) in [6, 6.07) is 5.93. The first-order valence-corrected chi connectivity index (χ1v) is 10.6. The van der Waals surface area contributed by atoms with Crippen molar-refractivity contribution in [3.8, 4) is 0 Å². The lowest BCUT2D eigenvalue weighted by Gasteiger charge is -2.08. The smallest absolute Gasteiger partial charge is 0.257 e. The van der Waals surface area contributed by atoms with Gasteiger partial charge in [0.15, 0.2) is 9.84 Å². The van der Waals surface area contributed by atoms with Gasteiger partial charge >= 0.3 is 0 Å². The minimum atomic E-state index is -3.34. The second-order valence-corrected chi connectivity index (χ2v) is 9.54. The van der Waals surface area contributed by atoms with E-state index in [0.29, 0.717) is 16.6 Å². The van der Waals surface area contributed by atoms with Crippen molar-refractivity contribution in [3.05, 3.63) is 34.8 Å². The highest BCUT2D eigenvalue weighted by atomic mass is 32.2. The number of hydrogen-bond acceptors (Lipinski definition) is 6. The second kappa shape index (κ2) is 8.05. The molecule has 0 unspecified atom stereocenters. The van der Waals surface area contributed by atoms with Gasteiger partial charge in [-0.25, -0.2) is 8.42 Å². The Kier molecular flexibility index (Phi) is 6.29. The van der Waals surface area contributed by atoms with E-state index in [9.17, 15) is 13.2 Å². The van der Waals surface area contributed by atoms with Gasteiger partial charge in [0.25, 0.3) is 5.91 Å². The summed E-state index contributed by atoms with van der Waals surface area (Å²) in [4.78, 5) is 12.5. The molecule has 0 bridgehead atoms. The zero-order valence-corrected chi connectivity index (χ0v) is 16.4. The van der Waals surface area contributed by atoms with E-state index in [2.05, 4.69) is 29.4 Å². The number of nitrogens with zero attached hydrogens (tertiary/aromatic N) is 2. The molecule has 0 saturated heterocycles.